The van der Waals surface area contributed by atoms with Crippen LogP contribution < -0.4 is 5.11 Å². The van der Waals surface area contributed by atoms with Gasteiger partial charge in [-0.2, -0.15) is 0 Å². The zero-order valence-corrected chi connectivity index (χ0v) is 23.6. The van der Waals surface area contributed by atoms with E-state index >= 15 is 0 Å². The fourth-order valence-electron chi connectivity index (χ4n) is 5.01. The number of carboxylic acid groups (broad SMARTS) is 3. The molecular formula is C30H55NO6. The van der Waals surface area contributed by atoms with Crippen molar-refractivity contribution >= 4 is 17.9 Å². The summed E-state index contributed by atoms with van der Waals surface area (Å²) < 4.78 is -0.499. The summed E-state index contributed by atoms with van der Waals surface area (Å²) in [5.74, 6) is -3.81. The van der Waals surface area contributed by atoms with Crippen molar-refractivity contribution in [1.82, 2.24) is 0 Å². The highest BCUT2D eigenvalue weighted by atomic mass is 16.4. The van der Waals surface area contributed by atoms with E-state index in [0.29, 0.717) is 6.42 Å². The van der Waals surface area contributed by atoms with Gasteiger partial charge >= 0.3 is 11.9 Å². The summed E-state index contributed by atoms with van der Waals surface area (Å²) in [6.07, 6.45) is 29.2. The summed E-state index contributed by atoms with van der Waals surface area (Å²) >= 11 is 0. The molecule has 7 heteroatoms. The van der Waals surface area contributed by atoms with Crippen LogP contribution in [-0.2, 0) is 14.4 Å². The lowest BCUT2D eigenvalue weighted by Gasteiger charge is -2.36. The second kappa shape index (κ2) is 24.4. The van der Waals surface area contributed by atoms with E-state index in [2.05, 4.69) is 19.1 Å². The molecule has 0 saturated carbocycles. The maximum absolute atomic E-state index is 11.2. The number of hydrogen-bond acceptors (Lipinski definition) is 4. The van der Waals surface area contributed by atoms with Gasteiger partial charge in [-0.15, -0.1) is 0 Å². The number of quaternary nitrogens is 1. The third kappa shape index (κ3) is 24.2. The van der Waals surface area contributed by atoms with Crippen molar-refractivity contribution in [3.8, 4) is 0 Å². The molecule has 7 nitrogen and oxygen atoms in total. The van der Waals surface area contributed by atoms with E-state index in [-0.39, 0.29) is 6.54 Å². The Hall–Kier alpha value is -1.89. The third-order valence-corrected chi connectivity index (χ3v) is 7.05. The zero-order chi connectivity index (χ0) is 27.6. The fourth-order valence-corrected chi connectivity index (χ4v) is 5.01. The van der Waals surface area contributed by atoms with E-state index in [1.165, 1.54) is 96.3 Å². The fraction of sp³-hybridized carbons (Fsp3) is 0.833. The summed E-state index contributed by atoms with van der Waals surface area (Å²) in [4.78, 5) is 33.4. The van der Waals surface area contributed by atoms with Crippen LogP contribution in [0, 0.1) is 0 Å². The van der Waals surface area contributed by atoms with Gasteiger partial charge in [-0.25, -0.2) is 9.59 Å². The van der Waals surface area contributed by atoms with Crippen LogP contribution in [-0.4, -0.2) is 58.8 Å². The molecule has 0 amide bonds. The van der Waals surface area contributed by atoms with Crippen LogP contribution >= 0.6 is 0 Å². The van der Waals surface area contributed by atoms with Gasteiger partial charge in [0.05, 0.1) is 12.5 Å². The van der Waals surface area contributed by atoms with Crippen LogP contribution in [0.25, 0.3) is 0 Å². The van der Waals surface area contributed by atoms with Crippen LogP contribution in [0.3, 0.4) is 0 Å². The number of carboxylic acids is 3. The summed E-state index contributed by atoms with van der Waals surface area (Å²) in [5, 5.41) is 29.3. The van der Waals surface area contributed by atoms with Crippen molar-refractivity contribution in [1.29, 1.82) is 0 Å². The standard InChI is InChI=1S/C30H55NO6/c1-2-3-4-5-6-7-8-9-10-11-12-13-14-15-16-17-18-19-20-21-22-23-24-31(25-28(32)33,26-29(34)35)27-30(36)37/h12-13H,2-11,14-27H2,1H3,(H2-,32,33,34,35,36,37)/b13-12+. The summed E-state index contributed by atoms with van der Waals surface area (Å²) in [7, 11) is 0. The number of allylic oxidation sites excluding steroid dienone is 2. The number of rotatable bonds is 28. The number of nitrogens with zero attached hydrogens (tertiary/aromatic N) is 1. The molecule has 0 aliphatic heterocycles. The van der Waals surface area contributed by atoms with Crippen molar-refractivity contribution in [3.05, 3.63) is 12.2 Å². The molecule has 0 aromatic heterocycles. The largest absolute Gasteiger partial charge is 0.544 e. The third-order valence-electron chi connectivity index (χ3n) is 7.05. The Morgan fingerprint density at radius 3 is 1.27 bits per heavy atom. The summed E-state index contributed by atoms with van der Waals surface area (Å²) in [5.41, 5.74) is 0. The molecular weight excluding hydrogens is 470 g/mol. The van der Waals surface area contributed by atoms with E-state index < -0.39 is 42.0 Å². The molecule has 0 spiro atoms. The number of carbonyl (C=O) groups excluding carboxylic acids is 1. The van der Waals surface area contributed by atoms with Gasteiger partial charge in [-0.05, 0) is 38.5 Å². The SMILES string of the molecule is CCCCCCCCCCC/C=C/CCCCCCCCCCC[N+](CC(=O)[O-])(CC(=O)O)CC(=O)O. The maximum atomic E-state index is 11.2. The van der Waals surface area contributed by atoms with Crippen LogP contribution in [0.2, 0.25) is 0 Å². The Morgan fingerprint density at radius 1 is 0.568 bits per heavy atom. The zero-order valence-electron chi connectivity index (χ0n) is 23.6. The quantitative estimate of drug-likeness (QED) is 0.0724. The molecule has 37 heavy (non-hydrogen) atoms. The molecule has 0 bridgehead atoms. The average molecular weight is 526 g/mol. The number of carbonyl (C=O) groups is 3. The van der Waals surface area contributed by atoms with E-state index in [9.17, 15) is 19.5 Å². The first kappa shape index (κ1) is 35.1. The van der Waals surface area contributed by atoms with Crippen molar-refractivity contribution < 1.29 is 34.2 Å². The predicted molar refractivity (Wildman–Crippen MR) is 147 cm³/mol. The first-order valence-corrected chi connectivity index (χ1v) is 14.9. The molecule has 0 unspecified atom stereocenters. The van der Waals surface area contributed by atoms with Gasteiger partial charge in [0.15, 0.2) is 13.1 Å². The molecule has 0 aromatic carbocycles. The summed E-state index contributed by atoms with van der Waals surface area (Å²) in [6, 6.07) is 0. The van der Waals surface area contributed by atoms with Gasteiger partial charge in [0.25, 0.3) is 0 Å². The number of hydrogen-bond donors (Lipinski definition) is 2. The smallest absolute Gasteiger partial charge is 0.359 e. The first-order chi connectivity index (χ1) is 17.8. The summed E-state index contributed by atoms with van der Waals surface area (Å²) in [6.45, 7) is 0.857. The molecule has 0 heterocycles. The minimum absolute atomic E-state index is 0.221. The van der Waals surface area contributed by atoms with Gasteiger partial charge in [0.2, 0.25) is 0 Å². The molecule has 2 N–H and O–H groups in total. The molecule has 0 atom stereocenters. The van der Waals surface area contributed by atoms with Crippen LogP contribution in [0.4, 0.5) is 0 Å². The van der Waals surface area contributed by atoms with Gasteiger partial charge < -0.3 is 24.6 Å². The molecule has 0 aliphatic rings. The minimum Gasteiger partial charge on any atom is -0.544 e. The molecule has 0 radical (unpaired) electrons. The second-order valence-electron chi connectivity index (χ2n) is 10.8. The lowest BCUT2D eigenvalue weighted by molar-refractivity contribution is -0.909. The Kier molecular flexibility index (Phi) is 23.2. The Bertz CT molecular complexity index is 578. The highest BCUT2D eigenvalue weighted by Gasteiger charge is 2.33. The molecule has 0 fully saturated rings. The number of aliphatic carboxylic acids is 3. The molecule has 0 rings (SSSR count). The predicted octanol–water partition coefficient (Wildman–Crippen LogP) is 6.10. The van der Waals surface area contributed by atoms with E-state index in [4.69, 9.17) is 10.2 Å². The van der Waals surface area contributed by atoms with Crippen molar-refractivity contribution in [3.63, 3.8) is 0 Å². The van der Waals surface area contributed by atoms with Gasteiger partial charge in [0.1, 0.15) is 6.54 Å². The van der Waals surface area contributed by atoms with E-state index in [1.807, 2.05) is 0 Å². The van der Waals surface area contributed by atoms with E-state index in [1.54, 1.807) is 0 Å². The Labute approximate surface area is 225 Å². The van der Waals surface area contributed by atoms with Crippen molar-refractivity contribution in [2.24, 2.45) is 0 Å². The van der Waals surface area contributed by atoms with Gasteiger partial charge in [-0.3, -0.25) is 0 Å². The van der Waals surface area contributed by atoms with Crippen molar-refractivity contribution in [2.75, 3.05) is 26.2 Å². The lowest BCUT2D eigenvalue weighted by Crippen LogP contribution is -2.59. The Balaban J connectivity index is 3.67. The Morgan fingerprint density at radius 2 is 0.919 bits per heavy atom. The molecule has 0 aliphatic carbocycles. The highest BCUT2D eigenvalue weighted by molar-refractivity contribution is 5.72. The first-order valence-electron chi connectivity index (χ1n) is 14.9. The minimum atomic E-state index is -1.42. The topological polar surface area (TPSA) is 115 Å². The normalized spacial score (nSPS) is 11.8. The van der Waals surface area contributed by atoms with E-state index in [0.717, 1.165) is 25.7 Å². The van der Waals surface area contributed by atoms with Crippen LogP contribution in [0.5, 0.6) is 0 Å². The maximum Gasteiger partial charge on any atom is 0.359 e. The number of unbranched alkanes of at least 4 members (excludes halogenated alkanes) is 18. The molecule has 0 saturated heterocycles. The van der Waals surface area contributed by atoms with Gasteiger partial charge in [-0.1, -0.05) is 109 Å². The second-order valence-corrected chi connectivity index (χ2v) is 10.8. The highest BCUT2D eigenvalue weighted by Crippen LogP contribution is 2.15. The van der Waals surface area contributed by atoms with Crippen LogP contribution in [0.1, 0.15) is 135 Å². The lowest BCUT2D eigenvalue weighted by atomic mass is 10.1. The monoisotopic (exact) mass is 525 g/mol. The van der Waals surface area contributed by atoms with Crippen LogP contribution in [0.15, 0.2) is 12.2 Å². The van der Waals surface area contributed by atoms with Gasteiger partial charge in [0, 0.05) is 0 Å². The molecule has 0 aromatic rings. The van der Waals surface area contributed by atoms with Crippen molar-refractivity contribution in [2.45, 2.75) is 135 Å². The average Bonchev–Trinajstić information content (AvgIpc) is 2.81. The molecule has 216 valence electrons.